The summed E-state index contributed by atoms with van der Waals surface area (Å²) < 4.78 is 11.0. The van der Waals surface area contributed by atoms with E-state index in [0.29, 0.717) is 18.1 Å². The average Bonchev–Trinajstić information content (AvgIpc) is 3.22. The Bertz CT molecular complexity index is 724. The van der Waals surface area contributed by atoms with Crippen LogP contribution in [-0.2, 0) is 16.8 Å². The molecule has 0 radical (unpaired) electrons. The van der Waals surface area contributed by atoms with Crippen LogP contribution in [0.3, 0.4) is 0 Å². The third kappa shape index (κ3) is 2.66. The molecule has 6 heteroatoms. The van der Waals surface area contributed by atoms with Gasteiger partial charge in [0, 0.05) is 13.3 Å². The average molecular weight is 327 g/mol. The summed E-state index contributed by atoms with van der Waals surface area (Å²) >= 11 is 0. The van der Waals surface area contributed by atoms with Gasteiger partial charge in [-0.1, -0.05) is 42.6 Å². The van der Waals surface area contributed by atoms with E-state index >= 15 is 0 Å². The molecule has 1 aromatic carbocycles. The zero-order valence-corrected chi connectivity index (χ0v) is 13.7. The van der Waals surface area contributed by atoms with Crippen molar-refractivity contribution in [2.24, 2.45) is 0 Å². The number of nitrogens with one attached hydrogen (secondary N) is 1. The summed E-state index contributed by atoms with van der Waals surface area (Å²) in [5.74, 6) is 1.80. The Morgan fingerprint density at radius 3 is 2.75 bits per heavy atom. The van der Waals surface area contributed by atoms with Gasteiger partial charge in [-0.15, -0.1) is 0 Å². The Morgan fingerprint density at radius 1 is 1.25 bits per heavy atom. The summed E-state index contributed by atoms with van der Waals surface area (Å²) in [6.45, 7) is 1.77. The second-order valence-electron chi connectivity index (χ2n) is 6.69. The molecule has 2 aliphatic rings. The topological polar surface area (TPSA) is 77.2 Å². The lowest BCUT2D eigenvalue weighted by atomic mass is 9.80. The number of hydrogen-bond acceptors (Lipinski definition) is 5. The third-order valence-corrected chi connectivity index (χ3v) is 4.96. The molecule has 0 bridgehead atoms. The van der Waals surface area contributed by atoms with Crippen LogP contribution >= 0.6 is 0 Å². The minimum Gasteiger partial charge on any atom is -0.480 e. The quantitative estimate of drug-likeness (QED) is 0.938. The van der Waals surface area contributed by atoms with E-state index in [4.69, 9.17) is 9.26 Å². The van der Waals surface area contributed by atoms with Gasteiger partial charge in [0.25, 0.3) is 5.91 Å². The molecule has 1 aliphatic heterocycles. The summed E-state index contributed by atoms with van der Waals surface area (Å²) in [5.41, 5.74) is 0.538. The predicted octanol–water partition coefficient (Wildman–Crippen LogP) is 2.66. The molecule has 1 N–H and O–H groups in total. The highest BCUT2D eigenvalue weighted by molar-refractivity contribution is 5.83. The number of rotatable bonds is 3. The van der Waals surface area contributed by atoms with Gasteiger partial charge < -0.3 is 14.6 Å². The summed E-state index contributed by atoms with van der Waals surface area (Å²) in [5, 5.41) is 7.28. The molecule has 0 saturated heterocycles. The summed E-state index contributed by atoms with van der Waals surface area (Å²) in [6.07, 6.45) is 5.02. The van der Waals surface area contributed by atoms with E-state index in [-0.39, 0.29) is 5.91 Å². The highest BCUT2D eigenvalue weighted by atomic mass is 16.5. The number of benzene rings is 1. The van der Waals surface area contributed by atoms with Gasteiger partial charge in [0.05, 0.1) is 0 Å². The van der Waals surface area contributed by atoms with Crippen LogP contribution in [0.4, 0.5) is 0 Å². The predicted molar refractivity (Wildman–Crippen MR) is 86.5 cm³/mol. The van der Waals surface area contributed by atoms with Crippen molar-refractivity contribution < 1.29 is 14.1 Å². The Kier molecular flexibility index (Phi) is 3.75. The zero-order chi connectivity index (χ0) is 16.6. The molecule has 1 atom stereocenters. The fraction of sp³-hybridized carbons (Fsp3) is 0.500. The van der Waals surface area contributed by atoms with E-state index in [1.54, 1.807) is 6.92 Å². The van der Waals surface area contributed by atoms with Crippen molar-refractivity contribution in [1.29, 1.82) is 0 Å². The van der Waals surface area contributed by atoms with Crippen LogP contribution < -0.4 is 10.1 Å². The lowest BCUT2D eigenvalue weighted by Crippen LogP contribution is -2.52. The molecule has 2 heterocycles. The van der Waals surface area contributed by atoms with Crippen LogP contribution in [0.1, 0.15) is 49.4 Å². The highest BCUT2D eigenvalue weighted by Crippen LogP contribution is 2.36. The molecular formula is C18H21N3O3. The second kappa shape index (κ2) is 5.92. The maximum atomic E-state index is 12.8. The lowest BCUT2D eigenvalue weighted by Gasteiger charge is -2.35. The third-order valence-electron chi connectivity index (χ3n) is 4.96. The van der Waals surface area contributed by atoms with Gasteiger partial charge in [-0.05, 0) is 24.5 Å². The van der Waals surface area contributed by atoms with E-state index < -0.39 is 11.6 Å². The maximum absolute atomic E-state index is 12.8. The number of ether oxygens (including phenoxy) is 1. The van der Waals surface area contributed by atoms with Crippen molar-refractivity contribution in [2.45, 2.75) is 57.1 Å². The molecule has 24 heavy (non-hydrogen) atoms. The Labute approximate surface area is 140 Å². The van der Waals surface area contributed by atoms with Crippen molar-refractivity contribution in [3.05, 3.63) is 41.5 Å². The van der Waals surface area contributed by atoms with Crippen molar-refractivity contribution in [3.8, 4) is 5.75 Å². The van der Waals surface area contributed by atoms with Crippen LogP contribution in [0.2, 0.25) is 0 Å². The first-order valence-corrected chi connectivity index (χ1v) is 8.54. The number of para-hydroxylation sites is 1. The molecule has 0 unspecified atom stereocenters. The number of hydrogen-bond donors (Lipinski definition) is 1. The van der Waals surface area contributed by atoms with Gasteiger partial charge in [0.15, 0.2) is 11.9 Å². The van der Waals surface area contributed by atoms with E-state index in [2.05, 4.69) is 15.5 Å². The van der Waals surface area contributed by atoms with E-state index in [1.165, 1.54) is 6.42 Å². The van der Waals surface area contributed by atoms with Crippen LogP contribution in [0.15, 0.2) is 28.8 Å². The van der Waals surface area contributed by atoms with E-state index in [9.17, 15) is 4.79 Å². The molecule has 126 valence electrons. The van der Waals surface area contributed by atoms with Crippen molar-refractivity contribution in [2.75, 3.05) is 0 Å². The fourth-order valence-electron chi connectivity index (χ4n) is 3.70. The smallest absolute Gasteiger partial charge is 0.262 e. The van der Waals surface area contributed by atoms with Crippen LogP contribution in [0.5, 0.6) is 5.75 Å². The van der Waals surface area contributed by atoms with Crippen molar-refractivity contribution >= 4 is 5.91 Å². The number of carbonyl (C=O) groups excluding carboxylic acids is 1. The largest absolute Gasteiger partial charge is 0.480 e. The molecule has 1 fully saturated rings. The number of carbonyl (C=O) groups is 1. The van der Waals surface area contributed by atoms with Gasteiger partial charge in [-0.2, -0.15) is 4.98 Å². The molecule has 0 spiro atoms. The minimum atomic E-state index is -0.536. The monoisotopic (exact) mass is 327 g/mol. The second-order valence-corrected chi connectivity index (χ2v) is 6.69. The normalized spacial score (nSPS) is 21.8. The van der Waals surface area contributed by atoms with Gasteiger partial charge >= 0.3 is 0 Å². The standard InChI is InChI=1S/C18H21N3O3/c1-12-19-17(21-24-12)18(9-5-2-6-10-18)20-16(22)15-11-13-7-3-4-8-14(13)23-15/h3-4,7-8,15H,2,5-6,9-11H2,1H3,(H,20,22)/t15-/m1/s1. The summed E-state index contributed by atoms with van der Waals surface area (Å²) in [7, 11) is 0. The molecule has 1 aromatic heterocycles. The Morgan fingerprint density at radius 2 is 2.04 bits per heavy atom. The first-order valence-electron chi connectivity index (χ1n) is 8.54. The number of nitrogens with zero attached hydrogens (tertiary/aromatic N) is 2. The van der Waals surface area contributed by atoms with Gasteiger partial charge in [0.1, 0.15) is 11.3 Å². The van der Waals surface area contributed by atoms with Gasteiger partial charge in [-0.3, -0.25) is 4.79 Å². The van der Waals surface area contributed by atoms with E-state index in [1.807, 2.05) is 24.3 Å². The number of aromatic nitrogens is 2. The first kappa shape index (κ1) is 15.2. The summed E-state index contributed by atoms with van der Waals surface area (Å²) in [6, 6.07) is 7.79. The summed E-state index contributed by atoms with van der Waals surface area (Å²) in [4.78, 5) is 17.2. The van der Waals surface area contributed by atoms with Crippen LogP contribution in [0, 0.1) is 6.92 Å². The molecule has 2 aromatic rings. The van der Waals surface area contributed by atoms with E-state index in [0.717, 1.165) is 37.0 Å². The Hall–Kier alpha value is -2.37. The molecule has 1 aliphatic carbocycles. The van der Waals surface area contributed by atoms with Crippen molar-refractivity contribution in [3.63, 3.8) is 0 Å². The van der Waals surface area contributed by atoms with Crippen molar-refractivity contribution in [1.82, 2.24) is 15.5 Å². The van der Waals surface area contributed by atoms with Crippen LogP contribution in [0.25, 0.3) is 0 Å². The van der Waals surface area contributed by atoms with Gasteiger partial charge in [-0.25, -0.2) is 0 Å². The maximum Gasteiger partial charge on any atom is 0.262 e. The highest BCUT2D eigenvalue weighted by Gasteiger charge is 2.42. The Balaban J connectivity index is 1.54. The van der Waals surface area contributed by atoms with Gasteiger partial charge in [0.2, 0.25) is 5.89 Å². The molecule has 6 nitrogen and oxygen atoms in total. The lowest BCUT2D eigenvalue weighted by molar-refractivity contribution is -0.130. The minimum absolute atomic E-state index is 0.101. The fourth-order valence-corrected chi connectivity index (χ4v) is 3.70. The molecule has 4 rings (SSSR count). The number of aryl methyl sites for hydroxylation is 1. The zero-order valence-electron chi connectivity index (χ0n) is 13.7. The molecular weight excluding hydrogens is 306 g/mol. The first-order chi connectivity index (χ1) is 11.7. The number of amides is 1. The molecule has 1 amide bonds. The molecule has 1 saturated carbocycles. The number of fused-ring (bicyclic) bond motifs is 1. The SMILES string of the molecule is Cc1nc(C2(NC(=O)[C@H]3Cc4ccccc4O3)CCCCC2)no1. The van der Waals surface area contributed by atoms with Crippen LogP contribution in [-0.4, -0.2) is 22.2 Å².